The standard InChI is InChI=1S/C14H20F3N3/c1-20-6-4-10(5-7-20)9-19-13-3-2-11(8-12(13)18)14(15,16)17/h2-3,8,10,19H,4-7,9,18H2,1H3. The van der Waals surface area contributed by atoms with Crippen LogP contribution in [0.3, 0.4) is 0 Å². The maximum absolute atomic E-state index is 12.5. The van der Waals surface area contributed by atoms with Gasteiger partial charge in [-0.25, -0.2) is 0 Å². The monoisotopic (exact) mass is 287 g/mol. The van der Waals surface area contributed by atoms with Crippen molar-refractivity contribution in [3.8, 4) is 0 Å². The van der Waals surface area contributed by atoms with Gasteiger partial charge in [0.2, 0.25) is 0 Å². The predicted octanol–water partition coefficient (Wildman–Crippen LogP) is 3.04. The molecule has 0 unspecified atom stereocenters. The SMILES string of the molecule is CN1CCC(CNc2ccc(C(F)(F)F)cc2N)CC1. The lowest BCUT2D eigenvalue weighted by Crippen LogP contribution is -2.33. The maximum Gasteiger partial charge on any atom is 0.416 e. The highest BCUT2D eigenvalue weighted by molar-refractivity contribution is 5.67. The molecule has 0 amide bonds. The lowest BCUT2D eigenvalue weighted by molar-refractivity contribution is -0.137. The molecular weight excluding hydrogens is 267 g/mol. The number of nitrogens with zero attached hydrogens (tertiary/aromatic N) is 1. The molecule has 1 fully saturated rings. The zero-order valence-corrected chi connectivity index (χ0v) is 11.5. The van der Waals surface area contributed by atoms with E-state index >= 15 is 0 Å². The number of benzene rings is 1. The van der Waals surface area contributed by atoms with Crippen LogP contribution in [-0.4, -0.2) is 31.6 Å². The third-order valence-corrected chi connectivity index (χ3v) is 3.80. The van der Waals surface area contributed by atoms with Gasteiger partial charge in [-0.15, -0.1) is 0 Å². The number of nitrogens with two attached hydrogens (primary N) is 1. The van der Waals surface area contributed by atoms with Gasteiger partial charge in [0.15, 0.2) is 0 Å². The molecule has 0 spiro atoms. The van der Waals surface area contributed by atoms with Crippen LogP contribution < -0.4 is 11.1 Å². The number of likely N-dealkylation sites (tertiary alicyclic amines) is 1. The molecular formula is C14H20F3N3. The summed E-state index contributed by atoms with van der Waals surface area (Å²) >= 11 is 0. The Kier molecular flexibility index (Phi) is 4.42. The van der Waals surface area contributed by atoms with Gasteiger partial charge < -0.3 is 16.0 Å². The molecule has 3 N–H and O–H groups in total. The Morgan fingerprint density at radius 3 is 2.50 bits per heavy atom. The number of alkyl halides is 3. The summed E-state index contributed by atoms with van der Waals surface area (Å²) in [4.78, 5) is 2.28. The molecule has 0 radical (unpaired) electrons. The minimum Gasteiger partial charge on any atom is -0.397 e. The van der Waals surface area contributed by atoms with Crippen LogP contribution in [-0.2, 0) is 6.18 Å². The fraction of sp³-hybridized carbons (Fsp3) is 0.571. The van der Waals surface area contributed by atoms with E-state index in [0.717, 1.165) is 44.6 Å². The van der Waals surface area contributed by atoms with Gasteiger partial charge in [0.05, 0.1) is 16.9 Å². The first-order chi connectivity index (χ1) is 9.36. The second kappa shape index (κ2) is 5.91. The lowest BCUT2D eigenvalue weighted by Gasteiger charge is -2.29. The number of hydrogen-bond donors (Lipinski definition) is 2. The number of piperidine rings is 1. The zero-order chi connectivity index (χ0) is 14.8. The van der Waals surface area contributed by atoms with Crippen molar-refractivity contribution < 1.29 is 13.2 Å². The molecule has 0 aromatic heterocycles. The molecule has 0 saturated carbocycles. The van der Waals surface area contributed by atoms with Crippen molar-refractivity contribution in [2.45, 2.75) is 19.0 Å². The van der Waals surface area contributed by atoms with Gasteiger partial charge in [-0.2, -0.15) is 13.2 Å². The summed E-state index contributed by atoms with van der Waals surface area (Å²) in [5.41, 5.74) is 5.70. The maximum atomic E-state index is 12.5. The number of anilines is 2. The average molecular weight is 287 g/mol. The Balaban J connectivity index is 1.93. The second-order valence-corrected chi connectivity index (χ2v) is 5.43. The van der Waals surface area contributed by atoms with E-state index in [2.05, 4.69) is 17.3 Å². The molecule has 0 aliphatic carbocycles. The smallest absolute Gasteiger partial charge is 0.397 e. The average Bonchev–Trinajstić information content (AvgIpc) is 2.38. The van der Waals surface area contributed by atoms with Crippen molar-refractivity contribution in [3.05, 3.63) is 23.8 Å². The second-order valence-electron chi connectivity index (χ2n) is 5.43. The fourth-order valence-corrected chi connectivity index (χ4v) is 2.42. The molecule has 1 aromatic rings. The first kappa shape index (κ1) is 15.0. The fourth-order valence-electron chi connectivity index (χ4n) is 2.42. The van der Waals surface area contributed by atoms with E-state index in [1.165, 1.54) is 6.07 Å². The van der Waals surface area contributed by atoms with Crippen LogP contribution in [0.2, 0.25) is 0 Å². The van der Waals surface area contributed by atoms with Crippen molar-refractivity contribution in [1.82, 2.24) is 4.90 Å². The minimum atomic E-state index is -4.35. The Morgan fingerprint density at radius 2 is 1.95 bits per heavy atom. The number of nitrogens with one attached hydrogen (secondary N) is 1. The minimum absolute atomic E-state index is 0.146. The van der Waals surface area contributed by atoms with Crippen LogP contribution in [0.4, 0.5) is 24.5 Å². The molecule has 112 valence electrons. The van der Waals surface area contributed by atoms with E-state index in [-0.39, 0.29) is 5.69 Å². The van der Waals surface area contributed by atoms with Crippen LogP contribution in [0.5, 0.6) is 0 Å². The summed E-state index contributed by atoms with van der Waals surface area (Å²) in [6.45, 7) is 2.88. The summed E-state index contributed by atoms with van der Waals surface area (Å²) in [5.74, 6) is 0.549. The molecule has 1 saturated heterocycles. The zero-order valence-electron chi connectivity index (χ0n) is 11.5. The van der Waals surface area contributed by atoms with E-state index in [9.17, 15) is 13.2 Å². The Hall–Kier alpha value is -1.43. The molecule has 0 bridgehead atoms. The van der Waals surface area contributed by atoms with E-state index in [4.69, 9.17) is 5.73 Å². The Labute approximate surface area is 116 Å². The van der Waals surface area contributed by atoms with E-state index in [1.54, 1.807) is 0 Å². The van der Waals surface area contributed by atoms with Crippen LogP contribution in [0, 0.1) is 5.92 Å². The van der Waals surface area contributed by atoms with Crippen LogP contribution >= 0.6 is 0 Å². The molecule has 1 aromatic carbocycles. The first-order valence-electron chi connectivity index (χ1n) is 6.75. The summed E-state index contributed by atoms with van der Waals surface area (Å²) < 4.78 is 37.6. The summed E-state index contributed by atoms with van der Waals surface area (Å²) in [6.07, 6.45) is -2.14. The topological polar surface area (TPSA) is 41.3 Å². The van der Waals surface area contributed by atoms with Gasteiger partial charge in [-0.3, -0.25) is 0 Å². The normalized spacial score (nSPS) is 18.2. The van der Waals surface area contributed by atoms with Crippen molar-refractivity contribution in [2.24, 2.45) is 5.92 Å². The molecule has 3 nitrogen and oxygen atoms in total. The predicted molar refractivity (Wildman–Crippen MR) is 74.6 cm³/mol. The van der Waals surface area contributed by atoms with Crippen molar-refractivity contribution >= 4 is 11.4 Å². The lowest BCUT2D eigenvalue weighted by atomic mass is 9.97. The molecule has 1 aliphatic heterocycles. The van der Waals surface area contributed by atoms with Gasteiger partial charge in [-0.1, -0.05) is 0 Å². The van der Waals surface area contributed by atoms with Crippen molar-refractivity contribution in [3.63, 3.8) is 0 Å². The third kappa shape index (κ3) is 3.79. The molecule has 0 atom stereocenters. The number of hydrogen-bond acceptors (Lipinski definition) is 3. The van der Waals surface area contributed by atoms with Gasteiger partial charge >= 0.3 is 6.18 Å². The largest absolute Gasteiger partial charge is 0.416 e. The first-order valence-corrected chi connectivity index (χ1v) is 6.75. The van der Waals surface area contributed by atoms with Crippen LogP contribution in [0.1, 0.15) is 18.4 Å². The quantitative estimate of drug-likeness (QED) is 0.840. The third-order valence-electron chi connectivity index (χ3n) is 3.80. The summed E-state index contributed by atoms with van der Waals surface area (Å²) in [5, 5.41) is 3.17. The Bertz CT molecular complexity index is 451. The number of rotatable bonds is 3. The van der Waals surface area contributed by atoms with Gasteiger partial charge in [0, 0.05) is 6.54 Å². The van der Waals surface area contributed by atoms with E-state index in [1.807, 2.05) is 0 Å². The molecule has 20 heavy (non-hydrogen) atoms. The molecule has 2 rings (SSSR count). The highest BCUT2D eigenvalue weighted by atomic mass is 19.4. The highest BCUT2D eigenvalue weighted by Gasteiger charge is 2.30. The highest BCUT2D eigenvalue weighted by Crippen LogP contribution is 2.33. The van der Waals surface area contributed by atoms with Crippen molar-refractivity contribution in [2.75, 3.05) is 37.7 Å². The van der Waals surface area contributed by atoms with E-state index in [0.29, 0.717) is 11.6 Å². The summed E-state index contributed by atoms with van der Waals surface area (Å²) in [6, 6.07) is 3.46. The summed E-state index contributed by atoms with van der Waals surface area (Å²) in [7, 11) is 2.09. The molecule has 1 heterocycles. The number of nitrogen functional groups attached to an aromatic ring is 1. The van der Waals surface area contributed by atoms with Crippen LogP contribution in [0.15, 0.2) is 18.2 Å². The van der Waals surface area contributed by atoms with E-state index < -0.39 is 11.7 Å². The number of halogens is 3. The van der Waals surface area contributed by atoms with Gasteiger partial charge in [0.1, 0.15) is 0 Å². The molecule has 6 heteroatoms. The molecule has 1 aliphatic rings. The van der Waals surface area contributed by atoms with Crippen LogP contribution in [0.25, 0.3) is 0 Å². The van der Waals surface area contributed by atoms with Crippen molar-refractivity contribution in [1.29, 1.82) is 0 Å². The van der Waals surface area contributed by atoms with Gasteiger partial charge in [-0.05, 0) is 57.1 Å². The van der Waals surface area contributed by atoms with Gasteiger partial charge in [0.25, 0.3) is 0 Å². The Morgan fingerprint density at radius 1 is 1.30 bits per heavy atom.